The zero-order valence-electron chi connectivity index (χ0n) is 7.68. The first-order valence-corrected chi connectivity index (χ1v) is 6.14. The van der Waals surface area contributed by atoms with Gasteiger partial charge in [0, 0.05) is 5.41 Å². The molecule has 0 fully saturated rings. The van der Waals surface area contributed by atoms with Crippen molar-refractivity contribution < 1.29 is 17.7 Å². The third-order valence-electron chi connectivity index (χ3n) is 1.72. The second-order valence-corrected chi connectivity index (χ2v) is 5.42. The largest absolute Gasteiger partial charge is 0.291 e. The molecule has 86 valence electrons. The third-order valence-corrected chi connectivity index (χ3v) is 3.71. The molecule has 0 aliphatic carbocycles. The fraction of sp³-hybridized carbons (Fsp3) is 0. The highest BCUT2D eigenvalue weighted by Crippen LogP contribution is 2.30. The predicted octanol–water partition coefficient (Wildman–Crippen LogP) is 2.41. The van der Waals surface area contributed by atoms with E-state index >= 15 is 0 Å². The quantitative estimate of drug-likeness (QED) is 0.488. The molecular formula is C8H5BrFNO4S. The number of nitro benzene ring substituents is 1. The molecule has 0 saturated heterocycles. The van der Waals surface area contributed by atoms with E-state index in [1.807, 2.05) is 0 Å². The Bertz CT molecular complexity index is 570. The normalized spacial score (nSPS) is 11.1. The molecule has 1 aromatic carbocycles. The van der Waals surface area contributed by atoms with E-state index in [1.54, 1.807) is 0 Å². The lowest BCUT2D eigenvalue weighted by Gasteiger charge is -2.02. The van der Waals surface area contributed by atoms with Crippen molar-refractivity contribution in [2.75, 3.05) is 0 Å². The molecule has 0 aliphatic heterocycles. The van der Waals surface area contributed by atoms with Crippen LogP contribution in [0.5, 0.6) is 0 Å². The molecule has 0 saturated carbocycles. The molecule has 0 radical (unpaired) electrons. The van der Waals surface area contributed by atoms with Gasteiger partial charge in [0.15, 0.2) is 0 Å². The van der Waals surface area contributed by atoms with E-state index in [9.17, 15) is 22.9 Å². The van der Waals surface area contributed by atoms with Crippen molar-refractivity contribution in [1.29, 1.82) is 0 Å². The maximum Gasteiger partial charge on any atom is 0.291 e. The van der Waals surface area contributed by atoms with E-state index in [0.717, 1.165) is 6.07 Å². The number of nitrogens with zero attached hydrogens (tertiary/aromatic N) is 1. The van der Waals surface area contributed by atoms with Gasteiger partial charge >= 0.3 is 0 Å². The van der Waals surface area contributed by atoms with Crippen LogP contribution in [0.2, 0.25) is 0 Å². The van der Waals surface area contributed by atoms with Gasteiger partial charge < -0.3 is 0 Å². The van der Waals surface area contributed by atoms with Crippen molar-refractivity contribution in [3.8, 4) is 0 Å². The number of sulfone groups is 1. The fourth-order valence-corrected chi connectivity index (χ4v) is 2.36. The summed E-state index contributed by atoms with van der Waals surface area (Å²) in [6, 6.07) is 1.38. The van der Waals surface area contributed by atoms with Crippen LogP contribution in [0.25, 0.3) is 0 Å². The Morgan fingerprint density at radius 1 is 1.50 bits per heavy atom. The van der Waals surface area contributed by atoms with Gasteiger partial charge in [-0.15, -0.1) is 0 Å². The molecule has 0 N–H and O–H groups in total. The summed E-state index contributed by atoms with van der Waals surface area (Å²) in [5, 5.41) is 11.1. The van der Waals surface area contributed by atoms with Gasteiger partial charge in [0.1, 0.15) is 10.7 Å². The van der Waals surface area contributed by atoms with Crippen LogP contribution in [0.15, 0.2) is 33.5 Å². The number of halogens is 2. The summed E-state index contributed by atoms with van der Waals surface area (Å²) in [6.45, 7) is 3.04. The van der Waals surface area contributed by atoms with Gasteiger partial charge in [-0.05, 0) is 22.0 Å². The smallest absolute Gasteiger partial charge is 0.258 e. The van der Waals surface area contributed by atoms with E-state index in [1.165, 1.54) is 0 Å². The standard InChI is InChI=1S/C8H5BrFNO4S/c1-2-16(14,15)8-3-5(9)6(10)4-7(8)11(12)13/h2-4H,1H2. The van der Waals surface area contributed by atoms with Crippen LogP contribution >= 0.6 is 15.9 Å². The van der Waals surface area contributed by atoms with Crippen molar-refractivity contribution >= 4 is 31.5 Å². The Labute approximate surface area is 98.8 Å². The van der Waals surface area contributed by atoms with Gasteiger partial charge in [-0.1, -0.05) is 6.58 Å². The van der Waals surface area contributed by atoms with Crippen molar-refractivity contribution in [3.05, 3.63) is 44.5 Å². The van der Waals surface area contributed by atoms with E-state index in [0.29, 0.717) is 11.5 Å². The molecule has 1 rings (SSSR count). The lowest BCUT2D eigenvalue weighted by Crippen LogP contribution is -2.02. The fourth-order valence-electron chi connectivity index (χ4n) is 0.978. The van der Waals surface area contributed by atoms with E-state index < -0.39 is 31.2 Å². The van der Waals surface area contributed by atoms with Crippen LogP contribution < -0.4 is 0 Å². The van der Waals surface area contributed by atoms with Crippen molar-refractivity contribution in [3.63, 3.8) is 0 Å². The first-order valence-electron chi connectivity index (χ1n) is 3.80. The van der Waals surface area contributed by atoms with E-state index in [-0.39, 0.29) is 4.47 Å². The molecule has 0 aromatic heterocycles. The minimum Gasteiger partial charge on any atom is -0.258 e. The number of rotatable bonds is 3. The SMILES string of the molecule is C=CS(=O)(=O)c1cc(Br)c(F)cc1[N+](=O)[O-]. The molecule has 5 nitrogen and oxygen atoms in total. The first kappa shape index (κ1) is 12.8. The number of benzene rings is 1. The highest BCUT2D eigenvalue weighted by Gasteiger charge is 2.25. The van der Waals surface area contributed by atoms with Crippen LogP contribution in [-0.2, 0) is 9.84 Å². The summed E-state index contributed by atoms with van der Waals surface area (Å²) >= 11 is 2.75. The molecule has 16 heavy (non-hydrogen) atoms. The molecule has 0 unspecified atom stereocenters. The molecule has 0 bridgehead atoms. The number of hydrogen-bond acceptors (Lipinski definition) is 4. The Hall–Kier alpha value is -1.28. The molecule has 0 spiro atoms. The molecule has 0 heterocycles. The summed E-state index contributed by atoms with van der Waals surface area (Å²) in [5.74, 6) is -0.908. The summed E-state index contributed by atoms with van der Waals surface area (Å²) in [7, 11) is -3.99. The average Bonchev–Trinajstić information content (AvgIpc) is 2.21. The highest BCUT2D eigenvalue weighted by atomic mass is 79.9. The van der Waals surface area contributed by atoms with Gasteiger partial charge in [0.25, 0.3) is 5.69 Å². The summed E-state index contributed by atoms with van der Waals surface area (Å²) < 4.78 is 35.7. The Kier molecular flexibility index (Phi) is 3.44. The lowest BCUT2D eigenvalue weighted by molar-refractivity contribution is -0.388. The van der Waals surface area contributed by atoms with Crippen LogP contribution in [0.4, 0.5) is 10.1 Å². The van der Waals surface area contributed by atoms with Crippen LogP contribution in [-0.4, -0.2) is 13.3 Å². The summed E-state index contributed by atoms with van der Waals surface area (Å²) in [4.78, 5) is 9.01. The molecule has 1 aromatic rings. The molecule has 0 atom stereocenters. The zero-order chi connectivity index (χ0) is 12.5. The van der Waals surface area contributed by atoms with Gasteiger partial charge in [-0.25, -0.2) is 12.8 Å². The Morgan fingerprint density at radius 3 is 2.50 bits per heavy atom. The minimum absolute atomic E-state index is 0.168. The molecule has 8 heteroatoms. The summed E-state index contributed by atoms with van der Waals surface area (Å²) in [6.07, 6.45) is 0. The van der Waals surface area contributed by atoms with Crippen molar-refractivity contribution in [1.82, 2.24) is 0 Å². The van der Waals surface area contributed by atoms with Crippen LogP contribution in [0.3, 0.4) is 0 Å². The Morgan fingerprint density at radius 2 is 2.06 bits per heavy atom. The maximum atomic E-state index is 13.0. The highest BCUT2D eigenvalue weighted by molar-refractivity contribution is 9.10. The number of hydrogen-bond donors (Lipinski definition) is 0. The molecule has 0 aliphatic rings. The van der Waals surface area contributed by atoms with E-state index in [4.69, 9.17) is 0 Å². The zero-order valence-corrected chi connectivity index (χ0v) is 10.1. The second-order valence-electron chi connectivity index (χ2n) is 2.70. The monoisotopic (exact) mass is 309 g/mol. The maximum absolute atomic E-state index is 13.0. The second kappa shape index (κ2) is 4.30. The van der Waals surface area contributed by atoms with Gasteiger partial charge in [0.05, 0.1) is 15.5 Å². The molecule has 0 amide bonds. The van der Waals surface area contributed by atoms with Crippen molar-refractivity contribution in [2.24, 2.45) is 0 Å². The average molecular weight is 310 g/mol. The van der Waals surface area contributed by atoms with Crippen LogP contribution in [0.1, 0.15) is 0 Å². The van der Waals surface area contributed by atoms with Crippen LogP contribution in [0, 0.1) is 15.9 Å². The van der Waals surface area contributed by atoms with Gasteiger partial charge in [-0.3, -0.25) is 10.1 Å². The lowest BCUT2D eigenvalue weighted by atomic mass is 10.3. The van der Waals surface area contributed by atoms with Gasteiger partial charge in [0.2, 0.25) is 9.84 Å². The molecular weight excluding hydrogens is 305 g/mol. The minimum atomic E-state index is -3.99. The Balaban J connectivity index is 3.68. The van der Waals surface area contributed by atoms with E-state index in [2.05, 4.69) is 22.5 Å². The van der Waals surface area contributed by atoms with Gasteiger partial charge in [-0.2, -0.15) is 0 Å². The topological polar surface area (TPSA) is 77.3 Å². The first-order chi connectivity index (χ1) is 7.29. The van der Waals surface area contributed by atoms with Crippen molar-refractivity contribution in [2.45, 2.75) is 4.90 Å². The number of nitro groups is 1. The third kappa shape index (κ3) is 2.27. The predicted molar refractivity (Wildman–Crippen MR) is 58.1 cm³/mol. The summed E-state index contributed by atoms with van der Waals surface area (Å²) in [5.41, 5.74) is -0.819.